The van der Waals surface area contributed by atoms with Gasteiger partial charge in [0.15, 0.2) is 0 Å². The van der Waals surface area contributed by atoms with Gasteiger partial charge in [0.1, 0.15) is 0 Å². The number of hydrogen-bond acceptors (Lipinski definition) is 3. The largest absolute Gasteiger partial charge is 0.368 e. The third-order valence-electron chi connectivity index (χ3n) is 5.39. The third kappa shape index (κ3) is 5.27. The molecule has 2 saturated carbocycles. The van der Waals surface area contributed by atoms with E-state index in [1.54, 1.807) is 4.90 Å². The van der Waals surface area contributed by atoms with Gasteiger partial charge in [0.05, 0.1) is 6.54 Å². The first kappa shape index (κ1) is 17.3. The number of primary amides is 1. The van der Waals surface area contributed by atoms with Gasteiger partial charge in [-0.2, -0.15) is 0 Å². The first-order chi connectivity index (χ1) is 10.6. The molecule has 5 nitrogen and oxygen atoms in total. The fourth-order valence-corrected chi connectivity index (χ4v) is 3.97. The molecule has 0 spiro atoms. The number of hydrogen-bond donors (Lipinski definition) is 2. The number of nitrogens with zero attached hydrogens (tertiary/aromatic N) is 1. The minimum atomic E-state index is -0.423. The summed E-state index contributed by atoms with van der Waals surface area (Å²) in [6.45, 7) is 0.710. The standard InChI is InChI=1S/C17H31N3O2/c18-15-8-4-7-14(15)11-17(22)20(12-16(19)21)10-9-13-5-2-1-3-6-13/h13-15H,1-12,18H2,(H2,19,21)/t14-,15+/m0/s1. The lowest BCUT2D eigenvalue weighted by Crippen LogP contribution is -2.41. The third-order valence-corrected chi connectivity index (χ3v) is 5.39. The molecule has 0 aromatic rings. The van der Waals surface area contributed by atoms with E-state index >= 15 is 0 Å². The average molecular weight is 309 g/mol. The molecule has 2 atom stereocenters. The summed E-state index contributed by atoms with van der Waals surface area (Å²) in [5, 5.41) is 0. The van der Waals surface area contributed by atoms with Gasteiger partial charge in [0.2, 0.25) is 11.8 Å². The fraction of sp³-hybridized carbons (Fsp3) is 0.882. The van der Waals surface area contributed by atoms with Crippen LogP contribution in [0.1, 0.15) is 64.2 Å². The predicted molar refractivity (Wildman–Crippen MR) is 86.9 cm³/mol. The van der Waals surface area contributed by atoms with Crippen molar-refractivity contribution in [1.82, 2.24) is 4.90 Å². The van der Waals surface area contributed by atoms with Gasteiger partial charge in [-0.1, -0.05) is 38.5 Å². The summed E-state index contributed by atoms with van der Waals surface area (Å²) in [6.07, 6.45) is 11.1. The Balaban J connectivity index is 1.83. The zero-order valence-corrected chi connectivity index (χ0v) is 13.6. The van der Waals surface area contributed by atoms with Gasteiger partial charge in [-0.15, -0.1) is 0 Å². The van der Waals surface area contributed by atoms with E-state index in [4.69, 9.17) is 11.5 Å². The van der Waals surface area contributed by atoms with E-state index in [2.05, 4.69) is 0 Å². The van der Waals surface area contributed by atoms with Crippen molar-refractivity contribution in [2.75, 3.05) is 13.1 Å². The zero-order valence-electron chi connectivity index (χ0n) is 13.6. The summed E-state index contributed by atoms with van der Waals surface area (Å²) in [5.41, 5.74) is 11.4. The second kappa shape index (κ2) is 8.51. The minimum Gasteiger partial charge on any atom is -0.368 e. The topological polar surface area (TPSA) is 89.4 Å². The van der Waals surface area contributed by atoms with Crippen molar-refractivity contribution in [1.29, 1.82) is 0 Å². The zero-order chi connectivity index (χ0) is 15.9. The number of carbonyl (C=O) groups excluding carboxylic acids is 2. The molecule has 0 bridgehead atoms. The molecule has 0 radical (unpaired) electrons. The Morgan fingerprint density at radius 1 is 1.00 bits per heavy atom. The highest BCUT2D eigenvalue weighted by Crippen LogP contribution is 2.28. The molecule has 2 aliphatic carbocycles. The molecule has 5 heteroatoms. The van der Waals surface area contributed by atoms with Gasteiger partial charge < -0.3 is 16.4 Å². The molecular formula is C17H31N3O2. The van der Waals surface area contributed by atoms with Gasteiger partial charge in [-0.3, -0.25) is 9.59 Å². The number of carbonyl (C=O) groups is 2. The van der Waals surface area contributed by atoms with Crippen molar-refractivity contribution >= 4 is 11.8 Å². The van der Waals surface area contributed by atoms with Gasteiger partial charge >= 0.3 is 0 Å². The summed E-state index contributed by atoms with van der Waals surface area (Å²) in [5.74, 6) is 0.605. The van der Waals surface area contributed by atoms with Crippen LogP contribution in [0, 0.1) is 11.8 Å². The van der Waals surface area contributed by atoms with Gasteiger partial charge in [-0.25, -0.2) is 0 Å². The summed E-state index contributed by atoms with van der Waals surface area (Å²) >= 11 is 0. The highest BCUT2D eigenvalue weighted by atomic mass is 16.2. The molecule has 2 aliphatic rings. The van der Waals surface area contributed by atoms with E-state index in [1.165, 1.54) is 32.1 Å². The SMILES string of the molecule is NC(=O)CN(CCC1CCCCC1)C(=O)C[C@@H]1CCC[C@H]1N. The van der Waals surface area contributed by atoms with Crippen molar-refractivity contribution in [2.24, 2.45) is 23.3 Å². The molecule has 0 heterocycles. The molecule has 2 fully saturated rings. The lowest BCUT2D eigenvalue weighted by atomic mass is 9.87. The van der Waals surface area contributed by atoms with Crippen molar-refractivity contribution in [3.63, 3.8) is 0 Å². The van der Waals surface area contributed by atoms with Crippen LogP contribution in [0.5, 0.6) is 0 Å². The lowest BCUT2D eigenvalue weighted by Gasteiger charge is -2.27. The average Bonchev–Trinajstić information content (AvgIpc) is 2.89. The summed E-state index contributed by atoms with van der Waals surface area (Å²) in [4.78, 5) is 25.5. The molecule has 126 valence electrons. The molecule has 22 heavy (non-hydrogen) atoms. The summed E-state index contributed by atoms with van der Waals surface area (Å²) in [6, 6.07) is 0.137. The van der Waals surface area contributed by atoms with Crippen LogP contribution in [-0.2, 0) is 9.59 Å². The normalized spacial score (nSPS) is 26.0. The molecule has 0 aromatic heterocycles. The highest BCUT2D eigenvalue weighted by Gasteiger charge is 2.28. The van der Waals surface area contributed by atoms with E-state index < -0.39 is 5.91 Å². The van der Waals surface area contributed by atoms with Gasteiger partial charge in [0.25, 0.3) is 0 Å². The minimum absolute atomic E-state index is 0.0491. The Kier molecular flexibility index (Phi) is 6.68. The maximum Gasteiger partial charge on any atom is 0.237 e. The van der Waals surface area contributed by atoms with Crippen LogP contribution in [0.15, 0.2) is 0 Å². The van der Waals surface area contributed by atoms with E-state index in [9.17, 15) is 9.59 Å². The Hall–Kier alpha value is -1.10. The first-order valence-corrected chi connectivity index (χ1v) is 8.88. The van der Waals surface area contributed by atoms with Crippen molar-refractivity contribution < 1.29 is 9.59 Å². The molecule has 2 amide bonds. The van der Waals surface area contributed by atoms with E-state index in [-0.39, 0.29) is 24.4 Å². The van der Waals surface area contributed by atoms with Gasteiger partial charge in [0, 0.05) is 19.0 Å². The highest BCUT2D eigenvalue weighted by molar-refractivity contribution is 5.84. The van der Waals surface area contributed by atoms with Crippen LogP contribution >= 0.6 is 0 Å². The molecule has 2 rings (SSSR count). The fourth-order valence-electron chi connectivity index (χ4n) is 3.97. The monoisotopic (exact) mass is 309 g/mol. The number of nitrogens with two attached hydrogens (primary N) is 2. The molecule has 0 saturated heterocycles. The lowest BCUT2D eigenvalue weighted by molar-refractivity contribution is -0.136. The van der Waals surface area contributed by atoms with Crippen LogP contribution in [0.3, 0.4) is 0 Å². The van der Waals surface area contributed by atoms with Crippen LogP contribution in [0.4, 0.5) is 0 Å². The second-order valence-electron chi connectivity index (χ2n) is 7.13. The molecule has 0 unspecified atom stereocenters. The van der Waals surface area contributed by atoms with Crippen molar-refractivity contribution in [3.8, 4) is 0 Å². The maximum absolute atomic E-state index is 12.5. The summed E-state index contributed by atoms with van der Waals surface area (Å²) in [7, 11) is 0. The van der Waals surface area contributed by atoms with E-state index in [0.717, 1.165) is 25.7 Å². The number of rotatable bonds is 7. The second-order valence-corrected chi connectivity index (χ2v) is 7.13. The summed E-state index contributed by atoms with van der Waals surface area (Å²) < 4.78 is 0. The molecule has 0 aliphatic heterocycles. The molecular weight excluding hydrogens is 278 g/mol. The predicted octanol–water partition coefficient (Wildman–Crippen LogP) is 1.79. The maximum atomic E-state index is 12.5. The Morgan fingerprint density at radius 2 is 1.73 bits per heavy atom. The van der Waals surface area contributed by atoms with Crippen LogP contribution in [0.25, 0.3) is 0 Å². The van der Waals surface area contributed by atoms with Crippen LogP contribution in [0.2, 0.25) is 0 Å². The Bertz CT molecular complexity index is 380. The quantitative estimate of drug-likeness (QED) is 0.751. The van der Waals surface area contributed by atoms with Crippen LogP contribution in [-0.4, -0.2) is 35.8 Å². The Labute approximate surface area is 133 Å². The molecule has 4 N–H and O–H groups in total. The smallest absolute Gasteiger partial charge is 0.237 e. The Morgan fingerprint density at radius 3 is 2.32 bits per heavy atom. The van der Waals surface area contributed by atoms with E-state index in [0.29, 0.717) is 18.9 Å². The van der Waals surface area contributed by atoms with Crippen LogP contribution < -0.4 is 11.5 Å². The number of amides is 2. The van der Waals surface area contributed by atoms with Crippen molar-refractivity contribution in [2.45, 2.75) is 70.3 Å². The molecule has 0 aromatic carbocycles. The van der Waals surface area contributed by atoms with Crippen molar-refractivity contribution in [3.05, 3.63) is 0 Å². The first-order valence-electron chi connectivity index (χ1n) is 8.88. The van der Waals surface area contributed by atoms with E-state index in [1.807, 2.05) is 0 Å². The van der Waals surface area contributed by atoms with Gasteiger partial charge in [-0.05, 0) is 31.1 Å².